The van der Waals surface area contributed by atoms with Gasteiger partial charge in [0.15, 0.2) is 5.76 Å². The Hall–Kier alpha value is -2.23. The summed E-state index contributed by atoms with van der Waals surface area (Å²) in [7, 11) is 0. The number of carbonyl (C=O) groups excluding carboxylic acids is 1. The number of amides is 1. The number of para-hydroxylation sites is 1. The maximum atomic E-state index is 12.7. The Morgan fingerprint density at radius 2 is 1.74 bits per heavy atom. The van der Waals surface area contributed by atoms with Crippen molar-refractivity contribution in [2.75, 3.05) is 0 Å². The maximum Gasteiger partial charge on any atom is 0.287 e. The van der Waals surface area contributed by atoms with Crippen LogP contribution in [0.2, 0.25) is 0 Å². The molecule has 4 aliphatic rings. The van der Waals surface area contributed by atoms with Gasteiger partial charge in [0, 0.05) is 6.04 Å². The molecule has 1 heterocycles. The van der Waals surface area contributed by atoms with E-state index in [2.05, 4.69) is 5.32 Å². The van der Waals surface area contributed by atoms with Gasteiger partial charge in [0.2, 0.25) is 0 Å². The molecule has 0 aliphatic heterocycles. The lowest BCUT2D eigenvalue weighted by molar-refractivity contribution is -0.0123. The van der Waals surface area contributed by atoms with E-state index in [0.717, 1.165) is 23.1 Å². The number of rotatable bonds is 5. The summed E-state index contributed by atoms with van der Waals surface area (Å²) in [6.07, 6.45) is 6.62. The van der Waals surface area contributed by atoms with Crippen LogP contribution in [0.4, 0.5) is 0 Å². The van der Waals surface area contributed by atoms with Crippen LogP contribution in [-0.2, 0) is 6.61 Å². The molecular formula is C23H27NO3. The van der Waals surface area contributed by atoms with E-state index in [1.54, 1.807) is 6.07 Å². The molecule has 4 bridgehead atoms. The monoisotopic (exact) mass is 365 g/mol. The SMILES string of the molecule is Cc1ccccc1OCc1ccc(C(=O)NC2C3CC4CC(C3)CC2C4)o1. The number of nitrogens with one attached hydrogen (secondary N) is 1. The summed E-state index contributed by atoms with van der Waals surface area (Å²) < 4.78 is 11.6. The van der Waals surface area contributed by atoms with Crippen LogP contribution in [0.3, 0.4) is 0 Å². The molecule has 142 valence electrons. The van der Waals surface area contributed by atoms with Gasteiger partial charge in [0.25, 0.3) is 5.91 Å². The summed E-state index contributed by atoms with van der Waals surface area (Å²) in [5.41, 5.74) is 1.09. The first-order valence-electron chi connectivity index (χ1n) is 10.2. The second-order valence-electron chi connectivity index (χ2n) is 8.75. The van der Waals surface area contributed by atoms with Gasteiger partial charge in [-0.15, -0.1) is 0 Å². The minimum absolute atomic E-state index is 0.0744. The van der Waals surface area contributed by atoms with Crippen LogP contribution in [0, 0.1) is 30.6 Å². The van der Waals surface area contributed by atoms with Gasteiger partial charge in [-0.2, -0.15) is 0 Å². The molecule has 0 atom stereocenters. The van der Waals surface area contributed by atoms with E-state index >= 15 is 0 Å². The second kappa shape index (κ2) is 6.74. The van der Waals surface area contributed by atoms with Crippen molar-refractivity contribution >= 4 is 5.91 Å². The van der Waals surface area contributed by atoms with E-state index in [1.165, 1.54) is 32.1 Å². The highest BCUT2D eigenvalue weighted by Crippen LogP contribution is 2.53. The second-order valence-corrected chi connectivity index (χ2v) is 8.75. The number of ether oxygens (including phenoxy) is 1. The average molecular weight is 365 g/mol. The van der Waals surface area contributed by atoms with E-state index in [9.17, 15) is 4.79 Å². The Labute approximate surface area is 160 Å². The molecule has 4 saturated carbocycles. The molecule has 0 unspecified atom stereocenters. The fourth-order valence-corrected chi connectivity index (χ4v) is 5.83. The summed E-state index contributed by atoms with van der Waals surface area (Å²) in [4.78, 5) is 12.7. The van der Waals surface area contributed by atoms with Crippen molar-refractivity contribution in [2.45, 2.75) is 51.7 Å². The number of furan rings is 1. The van der Waals surface area contributed by atoms with Crippen LogP contribution in [0.1, 0.15) is 54.0 Å². The third kappa shape index (κ3) is 3.26. The molecule has 0 spiro atoms. The van der Waals surface area contributed by atoms with Crippen LogP contribution in [-0.4, -0.2) is 11.9 Å². The summed E-state index contributed by atoms with van der Waals surface area (Å²) in [6.45, 7) is 2.34. The van der Waals surface area contributed by atoms with Gasteiger partial charge in [-0.1, -0.05) is 18.2 Å². The van der Waals surface area contributed by atoms with E-state index in [1.807, 2.05) is 37.3 Å². The van der Waals surface area contributed by atoms with Gasteiger partial charge in [-0.25, -0.2) is 0 Å². The maximum absolute atomic E-state index is 12.7. The van der Waals surface area contributed by atoms with Gasteiger partial charge in [-0.3, -0.25) is 4.79 Å². The van der Waals surface area contributed by atoms with Crippen molar-refractivity contribution in [3.05, 3.63) is 53.5 Å². The first-order valence-corrected chi connectivity index (χ1v) is 10.2. The lowest BCUT2D eigenvalue weighted by Crippen LogP contribution is -2.55. The van der Waals surface area contributed by atoms with Gasteiger partial charge in [0.1, 0.15) is 18.1 Å². The van der Waals surface area contributed by atoms with E-state index < -0.39 is 0 Å². The molecule has 0 radical (unpaired) electrons. The average Bonchev–Trinajstić information content (AvgIpc) is 3.12. The molecule has 1 aromatic heterocycles. The van der Waals surface area contributed by atoms with Crippen molar-refractivity contribution in [1.82, 2.24) is 5.32 Å². The zero-order valence-electron chi connectivity index (χ0n) is 15.8. The topological polar surface area (TPSA) is 51.5 Å². The number of hydrogen-bond acceptors (Lipinski definition) is 3. The van der Waals surface area contributed by atoms with Crippen LogP contribution in [0.5, 0.6) is 5.75 Å². The summed E-state index contributed by atoms with van der Waals surface area (Å²) in [5, 5.41) is 3.30. The third-order valence-electron chi connectivity index (χ3n) is 6.87. The highest BCUT2D eigenvalue weighted by atomic mass is 16.5. The minimum atomic E-state index is -0.0744. The highest BCUT2D eigenvalue weighted by molar-refractivity contribution is 5.91. The molecule has 1 N–H and O–H groups in total. The predicted molar refractivity (Wildman–Crippen MR) is 103 cm³/mol. The largest absolute Gasteiger partial charge is 0.485 e. The van der Waals surface area contributed by atoms with Crippen LogP contribution < -0.4 is 10.1 Å². The number of aryl methyl sites for hydroxylation is 1. The molecule has 1 aromatic carbocycles. The summed E-state index contributed by atoms with van der Waals surface area (Å²) in [6, 6.07) is 11.8. The number of hydrogen-bond donors (Lipinski definition) is 1. The molecule has 1 amide bonds. The molecule has 2 aromatic rings. The predicted octanol–water partition coefficient (Wildman–Crippen LogP) is 4.72. The molecule has 6 rings (SSSR count). The van der Waals surface area contributed by atoms with Crippen molar-refractivity contribution < 1.29 is 13.9 Å². The first-order chi connectivity index (χ1) is 13.2. The van der Waals surface area contributed by atoms with Gasteiger partial charge >= 0.3 is 0 Å². The zero-order valence-corrected chi connectivity index (χ0v) is 15.8. The van der Waals surface area contributed by atoms with E-state index in [-0.39, 0.29) is 5.91 Å². The Kier molecular flexibility index (Phi) is 4.22. The smallest absolute Gasteiger partial charge is 0.287 e. The fraction of sp³-hybridized carbons (Fsp3) is 0.522. The minimum Gasteiger partial charge on any atom is -0.485 e. The fourth-order valence-electron chi connectivity index (χ4n) is 5.83. The molecular weight excluding hydrogens is 338 g/mol. The standard InChI is InChI=1S/C23H27NO3/c1-14-4-2-3-5-20(14)26-13-19-6-7-21(27-19)23(25)24-22-17-9-15-8-16(11-17)12-18(22)10-15/h2-7,15-18,22H,8-13H2,1H3,(H,24,25). The van der Waals surface area contributed by atoms with Crippen molar-refractivity contribution in [3.8, 4) is 5.75 Å². The molecule has 27 heavy (non-hydrogen) atoms. The first kappa shape index (κ1) is 16.9. The molecule has 4 aliphatic carbocycles. The molecule has 0 saturated heterocycles. The Bertz CT molecular complexity index is 812. The Morgan fingerprint density at radius 1 is 1.04 bits per heavy atom. The van der Waals surface area contributed by atoms with Crippen molar-refractivity contribution in [1.29, 1.82) is 0 Å². The van der Waals surface area contributed by atoms with Gasteiger partial charge < -0.3 is 14.5 Å². The van der Waals surface area contributed by atoms with Crippen LogP contribution in [0.15, 0.2) is 40.8 Å². The zero-order chi connectivity index (χ0) is 18.4. The molecule has 4 heteroatoms. The molecule has 4 fully saturated rings. The summed E-state index contributed by atoms with van der Waals surface area (Å²) in [5.74, 6) is 5.00. The molecule has 4 nitrogen and oxygen atoms in total. The van der Waals surface area contributed by atoms with Crippen molar-refractivity contribution in [2.24, 2.45) is 23.7 Å². The lowest BCUT2D eigenvalue weighted by Gasteiger charge is -2.54. The Morgan fingerprint density at radius 3 is 2.44 bits per heavy atom. The highest BCUT2D eigenvalue weighted by Gasteiger charge is 2.48. The number of benzene rings is 1. The summed E-state index contributed by atoms with van der Waals surface area (Å²) >= 11 is 0. The number of carbonyl (C=O) groups is 1. The van der Waals surface area contributed by atoms with Gasteiger partial charge in [0.05, 0.1) is 0 Å². The van der Waals surface area contributed by atoms with E-state index in [0.29, 0.717) is 36.0 Å². The van der Waals surface area contributed by atoms with Crippen molar-refractivity contribution in [3.63, 3.8) is 0 Å². The van der Waals surface area contributed by atoms with Crippen LogP contribution in [0.25, 0.3) is 0 Å². The van der Waals surface area contributed by atoms with Gasteiger partial charge in [-0.05, 0) is 86.5 Å². The Balaban J connectivity index is 1.21. The van der Waals surface area contributed by atoms with E-state index in [4.69, 9.17) is 9.15 Å². The third-order valence-corrected chi connectivity index (χ3v) is 6.87. The normalized spacial score (nSPS) is 31.1. The quantitative estimate of drug-likeness (QED) is 0.834. The lowest BCUT2D eigenvalue weighted by atomic mass is 9.54. The van der Waals surface area contributed by atoms with Crippen LogP contribution >= 0.6 is 0 Å².